The first kappa shape index (κ1) is 25.6. The van der Waals surface area contributed by atoms with Crippen LogP contribution in [0.3, 0.4) is 0 Å². The maximum absolute atomic E-state index is 13.0. The Bertz CT molecular complexity index is 1500. The van der Waals surface area contributed by atoms with E-state index in [1.807, 2.05) is 0 Å². The maximum atomic E-state index is 13.0. The van der Waals surface area contributed by atoms with Gasteiger partial charge in [-0.3, -0.25) is 24.3 Å². The van der Waals surface area contributed by atoms with Crippen LogP contribution in [0, 0.1) is 37.8 Å². The van der Waals surface area contributed by atoms with Gasteiger partial charge < -0.3 is 5.32 Å². The number of hydrogen-bond donors (Lipinski definition) is 1. The van der Waals surface area contributed by atoms with Crippen molar-refractivity contribution in [1.82, 2.24) is 29.3 Å². The second kappa shape index (κ2) is 9.52. The maximum Gasteiger partial charge on any atom is 0.416 e. The summed E-state index contributed by atoms with van der Waals surface area (Å²) in [6.07, 6.45) is -2.90. The molecule has 11 nitrogen and oxygen atoms in total. The third-order valence-corrected chi connectivity index (χ3v) is 5.88. The highest BCUT2D eigenvalue weighted by atomic mass is 19.4. The van der Waals surface area contributed by atoms with E-state index in [2.05, 4.69) is 20.6 Å². The van der Waals surface area contributed by atoms with E-state index in [4.69, 9.17) is 0 Å². The fourth-order valence-electron chi connectivity index (χ4n) is 4.02. The lowest BCUT2D eigenvalue weighted by molar-refractivity contribution is -0.386. The average molecular weight is 516 g/mol. The van der Waals surface area contributed by atoms with Gasteiger partial charge in [-0.15, -0.1) is 0 Å². The zero-order chi connectivity index (χ0) is 27.1. The third kappa shape index (κ3) is 5.22. The highest BCUT2D eigenvalue weighted by Crippen LogP contribution is 2.30. The molecule has 0 atom stereocenters. The predicted octanol–water partition coefficient (Wildman–Crippen LogP) is 4.24. The summed E-state index contributed by atoms with van der Waals surface area (Å²) in [4.78, 5) is 23.6. The Morgan fingerprint density at radius 3 is 2.38 bits per heavy atom. The van der Waals surface area contributed by atoms with Gasteiger partial charge in [0.05, 0.1) is 34.1 Å². The number of amides is 1. The number of halogens is 3. The summed E-state index contributed by atoms with van der Waals surface area (Å²) in [5, 5.41) is 26.7. The number of nitro groups is 1. The van der Waals surface area contributed by atoms with Crippen molar-refractivity contribution in [1.29, 1.82) is 0 Å². The number of carbonyl (C=O) groups excluding carboxylic acids is 1. The minimum absolute atomic E-state index is 0.0702. The molecule has 0 aliphatic heterocycles. The Morgan fingerprint density at radius 2 is 1.73 bits per heavy atom. The number of nitrogens with zero attached hydrogens (tertiary/aromatic N) is 7. The van der Waals surface area contributed by atoms with Gasteiger partial charge in [-0.2, -0.15) is 28.5 Å². The minimum Gasteiger partial charge on any atom is -0.317 e. The van der Waals surface area contributed by atoms with Crippen LogP contribution in [-0.4, -0.2) is 40.2 Å². The van der Waals surface area contributed by atoms with E-state index in [1.54, 1.807) is 40.0 Å². The smallest absolute Gasteiger partial charge is 0.317 e. The molecular weight excluding hydrogens is 493 g/mol. The summed E-state index contributed by atoms with van der Waals surface area (Å²) in [6, 6.07) is 6.48. The van der Waals surface area contributed by atoms with Crippen LogP contribution in [0.4, 0.5) is 24.5 Å². The molecule has 0 aliphatic carbocycles. The van der Waals surface area contributed by atoms with Gasteiger partial charge in [-0.1, -0.05) is 12.1 Å². The Morgan fingerprint density at radius 1 is 1.03 bits per heavy atom. The first-order valence-electron chi connectivity index (χ1n) is 11.1. The van der Waals surface area contributed by atoms with E-state index in [1.165, 1.54) is 26.2 Å². The molecule has 4 aromatic rings. The molecule has 0 saturated heterocycles. The van der Waals surface area contributed by atoms with E-state index in [0.29, 0.717) is 28.3 Å². The quantitative estimate of drug-likeness (QED) is 0.289. The van der Waals surface area contributed by atoms with Crippen LogP contribution < -0.4 is 5.32 Å². The molecule has 0 spiro atoms. The summed E-state index contributed by atoms with van der Waals surface area (Å²) >= 11 is 0. The van der Waals surface area contributed by atoms with Crippen molar-refractivity contribution in [2.24, 2.45) is 0 Å². The number of alkyl halides is 3. The van der Waals surface area contributed by atoms with Crippen LogP contribution in [0.5, 0.6) is 0 Å². The SMILES string of the molecule is Cc1nn(Cc2cccc(C(F)(F)F)c2)c(C)c1NC(=O)c1ccn(Cn2nc(C)c([N+](=O)[O-])c2C)n1. The first-order chi connectivity index (χ1) is 17.3. The van der Waals surface area contributed by atoms with E-state index in [9.17, 15) is 28.1 Å². The Hall–Kier alpha value is -4.49. The molecule has 4 rings (SSSR count). The highest BCUT2D eigenvalue weighted by Gasteiger charge is 2.30. The lowest BCUT2D eigenvalue weighted by atomic mass is 10.1. The number of benzene rings is 1. The molecule has 194 valence electrons. The molecule has 0 aliphatic rings. The highest BCUT2D eigenvalue weighted by molar-refractivity contribution is 6.03. The van der Waals surface area contributed by atoms with Gasteiger partial charge in [0.2, 0.25) is 0 Å². The zero-order valence-corrected chi connectivity index (χ0v) is 20.4. The largest absolute Gasteiger partial charge is 0.416 e. The zero-order valence-electron chi connectivity index (χ0n) is 20.4. The number of aromatic nitrogens is 6. The number of carbonyl (C=O) groups is 1. The lowest BCUT2D eigenvalue weighted by Gasteiger charge is -2.10. The van der Waals surface area contributed by atoms with E-state index in [0.717, 1.165) is 12.1 Å². The molecule has 3 heterocycles. The Balaban J connectivity index is 1.49. The van der Waals surface area contributed by atoms with Crippen LogP contribution >= 0.6 is 0 Å². The van der Waals surface area contributed by atoms with Crippen molar-refractivity contribution >= 4 is 17.3 Å². The summed E-state index contributed by atoms with van der Waals surface area (Å²) < 4.78 is 43.5. The van der Waals surface area contributed by atoms with Crippen LogP contribution in [-0.2, 0) is 19.4 Å². The Kier molecular flexibility index (Phi) is 6.59. The normalized spacial score (nSPS) is 11.6. The fourth-order valence-corrected chi connectivity index (χ4v) is 4.02. The third-order valence-electron chi connectivity index (χ3n) is 5.88. The second-order valence-electron chi connectivity index (χ2n) is 8.51. The van der Waals surface area contributed by atoms with Gasteiger partial charge in [0.1, 0.15) is 18.1 Å². The molecule has 0 saturated carbocycles. The molecule has 14 heteroatoms. The number of aryl methyl sites for hydroxylation is 2. The number of anilines is 1. The molecule has 1 N–H and O–H groups in total. The first-order valence-corrected chi connectivity index (χ1v) is 11.1. The van der Waals surface area contributed by atoms with Crippen LogP contribution in [0.15, 0.2) is 36.5 Å². The fraction of sp³-hybridized carbons (Fsp3) is 0.304. The summed E-state index contributed by atoms with van der Waals surface area (Å²) in [6.45, 7) is 6.67. The second-order valence-corrected chi connectivity index (χ2v) is 8.51. The van der Waals surface area contributed by atoms with Gasteiger partial charge in [0.25, 0.3) is 5.91 Å². The van der Waals surface area contributed by atoms with Crippen LogP contribution in [0.1, 0.15) is 44.4 Å². The Labute approximate surface area is 208 Å². The topological polar surface area (TPSA) is 126 Å². The number of nitrogens with one attached hydrogen (secondary N) is 1. The molecule has 1 amide bonds. The summed E-state index contributed by atoms with van der Waals surface area (Å²) in [5.41, 5.74) is 1.83. The molecule has 0 bridgehead atoms. The summed E-state index contributed by atoms with van der Waals surface area (Å²) in [7, 11) is 0. The molecule has 0 radical (unpaired) electrons. The van der Waals surface area contributed by atoms with Crippen LogP contribution in [0.2, 0.25) is 0 Å². The van der Waals surface area contributed by atoms with E-state index < -0.39 is 22.6 Å². The van der Waals surface area contributed by atoms with E-state index in [-0.39, 0.29) is 30.3 Å². The van der Waals surface area contributed by atoms with Gasteiger partial charge in [-0.05, 0) is 51.5 Å². The molecule has 3 aromatic heterocycles. The summed E-state index contributed by atoms with van der Waals surface area (Å²) in [5.74, 6) is -0.511. The van der Waals surface area contributed by atoms with Crippen molar-refractivity contribution in [3.8, 4) is 0 Å². The van der Waals surface area contributed by atoms with Gasteiger partial charge >= 0.3 is 11.9 Å². The predicted molar refractivity (Wildman–Crippen MR) is 126 cm³/mol. The van der Waals surface area contributed by atoms with Gasteiger partial charge in [0.15, 0.2) is 5.69 Å². The molecule has 0 fully saturated rings. The van der Waals surface area contributed by atoms with Crippen molar-refractivity contribution in [3.63, 3.8) is 0 Å². The lowest BCUT2D eigenvalue weighted by Crippen LogP contribution is -2.16. The number of hydrogen-bond acceptors (Lipinski definition) is 6. The monoisotopic (exact) mass is 516 g/mol. The molecular formula is C23H23F3N8O3. The van der Waals surface area contributed by atoms with Crippen molar-refractivity contribution in [3.05, 3.63) is 86.2 Å². The standard InChI is InChI=1S/C23H23F3N8O3/c1-13-20(15(3)32(28-13)11-17-6-5-7-18(10-17)23(24,25)26)27-22(35)19-8-9-31(30-19)12-33-16(4)21(34(36)37)14(2)29-33/h5-10H,11-12H2,1-4H3,(H,27,35). The van der Waals surface area contributed by atoms with Gasteiger partial charge in [0, 0.05) is 6.20 Å². The van der Waals surface area contributed by atoms with Crippen molar-refractivity contribution in [2.75, 3.05) is 5.32 Å². The average Bonchev–Trinajstić information content (AvgIpc) is 3.46. The van der Waals surface area contributed by atoms with E-state index >= 15 is 0 Å². The van der Waals surface area contributed by atoms with Gasteiger partial charge in [-0.25, -0.2) is 4.68 Å². The van der Waals surface area contributed by atoms with Crippen molar-refractivity contribution in [2.45, 2.75) is 47.1 Å². The molecule has 0 unspecified atom stereocenters. The molecule has 1 aromatic carbocycles. The number of rotatable bonds is 7. The van der Waals surface area contributed by atoms with Crippen LogP contribution in [0.25, 0.3) is 0 Å². The van der Waals surface area contributed by atoms with Crippen molar-refractivity contribution < 1.29 is 22.9 Å². The minimum atomic E-state index is -4.45. The molecule has 37 heavy (non-hydrogen) atoms.